The molecule has 2 N–H and O–H groups in total. The summed E-state index contributed by atoms with van der Waals surface area (Å²) in [6.45, 7) is 2.40. The molecule has 1 aliphatic rings. The van der Waals surface area contributed by atoms with Crippen LogP contribution in [0, 0.1) is 0 Å². The highest BCUT2D eigenvalue weighted by Crippen LogP contribution is 2.34. The van der Waals surface area contributed by atoms with E-state index in [1.165, 1.54) is 0 Å². The van der Waals surface area contributed by atoms with Gasteiger partial charge < -0.3 is 25.0 Å². The summed E-state index contributed by atoms with van der Waals surface area (Å²) in [4.78, 5) is 25.9. The highest BCUT2D eigenvalue weighted by Gasteiger charge is 2.30. The number of nitrogens with one attached hydrogen (secondary N) is 2. The van der Waals surface area contributed by atoms with Gasteiger partial charge in [-0.3, -0.25) is 9.59 Å². The number of benzene rings is 2. The zero-order valence-corrected chi connectivity index (χ0v) is 15.6. The van der Waals surface area contributed by atoms with Gasteiger partial charge in [0, 0.05) is 19.3 Å². The Balaban J connectivity index is 1.74. The second kappa shape index (κ2) is 7.99. The third-order valence-electron chi connectivity index (χ3n) is 4.40. The molecule has 0 saturated carbocycles. The van der Waals surface area contributed by atoms with Crippen LogP contribution in [0.25, 0.3) is 0 Å². The maximum atomic E-state index is 12.7. The normalized spacial score (nSPS) is 15.6. The fourth-order valence-electron chi connectivity index (χ4n) is 2.95. The predicted molar refractivity (Wildman–Crippen MR) is 102 cm³/mol. The second-order valence-electron chi connectivity index (χ2n) is 6.19. The van der Waals surface area contributed by atoms with Crippen LogP contribution in [0.3, 0.4) is 0 Å². The smallest absolute Gasteiger partial charge is 0.257 e. The van der Waals surface area contributed by atoms with Gasteiger partial charge in [-0.25, -0.2) is 0 Å². The fourth-order valence-corrected chi connectivity index (χ4v) is 2.95. The first-order valence-corrected chi connectivity index (χ1v) is 8.74. The molecule has 1 atom stereocenters. The number of likely N-dealkylation sites (N-methyl/N-ethyl adjacent to an activating group) is 1. The number of anilines is 1. The lowest BCUT2D eigenvalue weighted by Crippen LogP contribution is -2.40. The maximum absolute atomic E-state index is 12.7. The molecule has 0 radical (unpaired) electrons. The molecular formula is C20H23N3O4. The molecule has 1 unspecified atom stereocenters. The molecular weight excluding hydrogens is 346 g/mol. The van der Waals surface area contributed by atoms with Crippen molar-refractivity contribution in [2.45, 2.75) is 13.1 Å². The molecule has 7 heteroatoms. The van der Waals surface area contributed by atoms with Crippen LogP contribution in [-0.2, 0) is 4.79 Å². The number of carbonyl (C=O) groups excluding carboxylic acids is 2. The summed E-state index contributed by atoms with van der Waals surface area (Å²) in [5, 5.41) is 6.06. The van der Waals surface area contributed by atoms with Crippen molar-refractivity contribution in [2.24, 2.45) is 0 Å². The Hall–Kier alpha value is -3.22. The lowest BCUT2D eigenvalue weighted by Gasteiger charge is -2.35. The Morgan fingerprint density at radius 3 is 2.56 bits per heavy atom. The molecule has 0 fully saturated rings. The maximum Gasteiger partial charge on any atom is 0.257 e. The van der Waals surface area contributed by atoms with Gasteiger partial charge in [0.1, 0.15) is 17.7 Å². The third kappa shape index (κ3) is 3.97. The number of hydrogen-bond donors (Lipinski definition) is 2. The molecule has 0 aromatic heterocycles. The van der Waals surface area contributed by atoms with E-state index in [0.29, 0.717) is 23.6 Å². The SMILES string of the molecule is CCNC(=O)COc1ccc(C2Nc3ccc(OC)cc3C(=O)N2C)cc1. The molecule has 1 aliphatic heterocycles. The Bertz CT molecular complexity index is 836. The summed E-state index contributed by atoms with van der Waals surface area (Å²) < 4.78 is 10.7. The van der Waals surface area contributed by atoms with Crippen LogP contribution in [0.4, 0.5) is 5.69 Å². The van der Waals surface area contributed by atoms with E-state index in [1.807, 2.05) is 31.2 Å². The summed E-state index contributed by atoms with van der Waals surface area (Å²) in [5.74, 6) is 1.00. The van der Waals surface area contributed by atoms with E-state index < -0.39 is 0 Å². The van der Waals surface area contributed by atoms with E-state index in [-0.39, 0.29) is 24.6 Å². The summed E-state index contributed by atoms with van der Waals surface area (Å²) in [6.07, 6.45) is -0.296. The number of amides is 2. The van der Waals surface area contributed by atoms with Crippen LogP contribution >= 0.6 is 0 Å². The summed E-state index contributed by atoms with van der Waals surface area (Å²) >= 11 is 0. The number of carbonyl (C=O) groups is 2. The van der Waals surface area contributed by atoms with Crippen molar-refractivity contribution in [3.8, 4) is 11.5 Å². The molecule has 7 nitrogen and oxygen atoms in total. The van der Waals surface area contributed by atoms with Crippen LogP contribution in [0.5, 0.6) is 11.5 Å². The van der Waals surface area contributed by atoms with Crippen molar-refractivity contribution in [3.63, 3.8) is 0 Å². The molecule has 27 heavy (non-hydrogen) atoms. The molecule has 142 valence electrons. The number of nitrogens with zero attached hydrogens (tertiary/aromatic N) is 1. The van der Waals surface area contributed by atoms with E-state index in [0.717, 1.165) is 11.3 Å². The predicted octanol–water partition coefficient (Wildman–Crippen LogP) is 2.41. The molecule has 3 rings (SSSR count). The molecule has 0 spiro atoms. The van der Waals surface area contributed by atoms with Crippen molar-refractivity contribution >= 4 is 17.5 Å². The van der Waals surface area contributed by atoms with Gasteiger partial charge >= 0.3 is 0 Å². The van der Waals surface area contributed by atoms with Gasteiger partial charge in [0.25, 0.3) is 11.8 Å². The highest BCUT2D eigenvalue weighted by atomic mass is 16.5. The molecule has 0 saturated heterocycles. The van der Waals surface area contributed by atoms with E-state index in [4.69, 9.17) is 9.47 Å². The zero-order valence-electron chi connectivity index (χ0n) is 15.6. The number of fused-ring (bicyclic) bond motifs is 1. The van der Waals surface area contributed by atoms with Crippen LogP contribution in [-0.4, -0.2) is 44.0 Å². The molecule has 0 bridgehead atoms. The molecule has 1 heterocycles. The van der Waals surface area contributed by atoms with Crippen molar-refractivity contribution < 1.29 is 19.1 Å². The van der Waals surface area contributed by atoms with E-state index >= 15 is 0 Å². The van der Waals surface area contributed by atoms with Gasteiger partial charge in [-0.05, 0) is 42.8 Å². The van der Waals surface area contributed by atoms with Gasteiger partial charge in [0.2, 0.25) is 0 Å². The first kappa shape index (κ1) is 18.6. The van der Waals surface area contributed by atoms with Gasteiger partial charge in [-0.2, -0.15) is 0 Å². The summed E-state index contributed by atoms with van der Waals surface area (Å²) in [5.41, 5.74) is 2.26. The van der Waals surface area contributed by atoms with Crippen LogP contribution < -0.4 is 20.1 Å². The monoisotopic (exact) mass is 369 g/mol. The minimum atomic E-state index is -0.296. The Morgan fingerprint density at radius 1 is 1.19 bits per heavy atom. The largest absolute Gasteiger partial charge is 0.497 e. The Labute approximate surface area is 158 Å². The number of rotatable bonds is 6. The van der Waals surface area contributed by atoms with Crippen molar-refractivity contribution in [2.75, 3.05) is 32.6 Å². The molecule has 2 aromatic rings. The van der Waals surface area contributed by atoms with Gasteiger partial charge in [0.05, 0.1) is 12.7 Å². The minimum Gasteiger partial charge on any atom is -0.497 e. The van der Waals surface area contributed by atoms with Gasteiger partial charge in [0.15, 0.2) is 6.61 Å². The molecule has 2 amide bonds. The Kier molecular flexibility index (Phi) is 5.49. The highest BCUT2D eigenvalue weighted by molar-refractivity contribution is 6.02. The lowest BCUT2D eigenvalue weighted by molar-refractivity contribution is -0.122. The standard InChI is InChI=1S/C20H23N3O4/c1-4-21-18(24)12-27-14-7-5-13(6-8-14)19-22-17-10-9-15(26-3)11-16(17)20(25)23(19)2/h5-11,19,22H,4,12H2,1-3H3,(H,21,24). The fraction of sp³-hybridized carbons (Fsp3) is 0.300. The van der Waals surface area contributed by atoms with Crippen LogP contribution in [0.1, 0.15) is 29.0 Å². The molecule has 0 aliphatic carbocycles. The lowest BCUT2D eigenvalue weighted by atomic mass is 10.0. The van der Waals surface area contributed by atoms with Crippen LogP contribution in [0.2, 0.25) is 0 Å². The van der Waals surface area contributed by atoms with E-state index in [2.05, 4.69) is 10.6 Å². The topological polar surface area (TPSA) is 79.9 Å². The molecule has 2 aromatic carbocycles. The first-order valence-electron chi connectivity index (χ1n) is 8.74. The number of ether oxygens (including phenoxy) is 2. The van der Waals surface area contributed by atoms with Crippen LogP contribution in [0.15, 0.2) is 42.5 Å². The first-order chi connectivity index (χ1) is 13.0. The summed E-state index contributed by atoms with van der Waals surface area (Å²) in [7, 11) is 3.33. The van der Waals surface area contributed by atoms with Gasteiger partial charge in [-0.15, -0.1) is 0 Å². The van der Waals surface area contributed by atoms with Crippen molar-refractivity contribution in [3.05, 3.63) is 53.6 Å². The van der Waals surface area contributed by atoms with Crippen molar-refractivity contribution in [1.29, 1.82) is 0 Å². The quantitative estimate of drug-likeness (QED) is 0.817. The summed E-state index contributed by atoms with van der Waals surface area (Å²) in [6, 6.07) is 12.7. The Morgan fingerprint density at radius 2 is 1.89 bits per heavy atom. The zero-order chi connectivity index (χ0) is 19.4. The second-order valence-corrected chi connectivity index (χ2v) is 6.19. The third-order valence-corrected chi connectivity index (χ3v) is 4.40. The average molecular weight is 369 g/mol. The van der Waals surface area contributed by atoms with Gasteiger partial charge in [-0.1, -0.05) is 12.1 Å². The number of hydrogen-bond acceptors (Lipinski definition) is 5. The van der Waals surface area contributed by atoms with E-state index in [9.17, 15) is 9.59 Å². The minimum absolute atomic E-state index is 0.0253. The van der Waals surface area contributed by atoms with E-state index in [1.54, 1.807) is 37.3 Å². The average Bonchev–Trinajstić information content (AvgIpc) is 2.69. The van der Waals surface area contributed by atoms with Crippen molar-refractivity contribution in [1.82, 2.24) is 10.2 Å². The number of methoxy groups -OCH3 is 1.